The normalized spacial score (nSPS) is 27.4. The van der Waals surface area contributed by atoms with Crippen LogP contribution in [0.2, 0.25) is 0 Å². The van der Waals surface area contributed by atoms with Crippen LogP contribution in [0.4, 0.5) is 0 Å². The molecule has 3 unspecified atom stereocenters. The summed E-state index contributed by atoms with van der Waals surface area (Å²) in [5, 5.41) is 0. The first-order valence-corrected chi connectivity index (χ1v) is 7.84. The van der Waals surface area contributed by atoms with Gasteiger partial charge in [0.25, 0.3) is 0 Å². The smallest absolute Gasteiger partial charge is 0.122 e. The fourth-order valence-corrected chi connectivity index (χ4v) is 3.24. The standard InChI is InChI=1S/C18H29NO/c1-13-7-5-6-8-16(13)20-17-11-15(18(2,3)4)10-9-14(17)12-19/h5-8,14-15,17H,9-12,19H2,1-4H3. The van der Waals surface area contributed by atoms with Gasteiger partial charge in [-0.3, -0.25) is 0 Å². The topological polar surface area (TPSA) is 35.2 Å². The van der Waals surface area contributed by atoms with Crippen LogP contribution in [0, 0.1) is 24.2 Å². The predicted molar refractivity (Wildman–Crippen MR) is 84.9 cm³/mol. The minimum absolute atomic E-state index is 0.263. The maximum atomic E-state index is 6.33. The molecule has 1 saturated carbocycles. The Morgan fingerprint density at radius 2 is 1.90 bits per heavy atom. The summed E-state index contributed by atoms with van der Waals surface area (Å²) >= 11 is 0. The van der Waals surface area contributed by atoms with E-state index in [4.69, 9.17) is 10.5 Å². The predicted octanol–water partition coefficient (Wildman–Crippen LogP) is 4.16. The summed E-state index contributed by atoms with van der Waals surface area (Å²) in [5.41, 5.74) is 7.52. The Morgan fingerprint density at radius 3 is 2.50 bits per heavy atom. The number of rotatable bonds is 3. The Labute approximate surface area is 123 Å². The third-order valence-corrected chi connectivity index (χ3v) is 4.83. The molecular formula is C18H29NO. The van der Waals surface area contributed by atoms with Gasteiger partial charge in [0, 0.05) is 5.92 Å². The molecule has 1 aliphatic carbocycles. The van der Waals surface area contributed by atoms with E-state index >= 15 is 0 Å². The first-order chi connectivity index (χ1) is 9.41. The molecule has 2 rings (SSSR count). The quantitative estimate of drug-likeness (QED) is 0.899. The molecule has 20 heavy (non-hydrogen) atoms. The molecule has 3 atom stereocenters. The molecule has 1 aromatic rings. The molecule has 1 aliphatic rings. The van der Waals surface area contributed by atoms with E-state index in [1.54, 1.807) is 0 Å². The molecule has 0 heterocycles. The summed E-state index contributed by atoms with van der Waals surface area (Å²) in [5.74, 6) is 2.23. The molecule has 1 fully saturated rings. The zero-order valence-electron chi connectivity index (χ0n) is 13.4. The van der Waals surface area contributed by atoms with E-state index in [0.29, 0.717) is 11.3 Å². The minimum Gasteiger partial charge on any atom is -0.490 e. The van der Waals surface area contributed by atoms with E-state index in [0.717, 1.165) is 24.6 Å². The third kappa shape index (κ3) is 3.54. The number of aryl methyl sites for hydroxylation is 1. The lowest BCUT2D eigenvalue weighted by Crippen LogP contribution is -2.41. The van der Waals surface area contributed by atoms with Crippen LogP contribution < -0.4 is 10.5 Å². The molecule has 0 amide bonds. The monoisotopic (exact) mass is 275 g/mol. The largest absolute Gasteiger partial charge is 0.490 e. The molecule has 112 valence electrons. The van der Waals surface area contributed by atoms with Crippen LogP contribution in [0.25, 0.3) is 0 Å². The van der Waals surface area contributed by atoms with Crippen molar-refractivity contribution in [2.24, 2.45) is 23.0 Å². The molecule has 2 N–H and O–H groups in total. The molecule has 0 aromatic heterocycles. The minimum atomic E-state index is 0.263. The number of ether oxygens (including phenoxy) is 1. The first-order valence-electron chi connectivity index (χ1n) is 7.84. The van der Waals surface area contributed by atoms with Crippen molar-refractivity contribution in [3.8, 4) is 5.75 Å². The van der Waals surface area contributed by atoms with Gasteiger partial charge >= 0.3 is 0 Å². The van der Waals surface area contributed by atoms with E-state index in [1.807, 2.05) is 6.07 Å². The number of hydrogen-bond acceptors (Lipinski definition) is 2. The van der Waals surface area contributed by atoms with E-state index in [2.05, 4.69) is 45.9 Å². The maximum absolute atomic E-state index is 6.33. The average Bonchev–Trinajstić information content (AvgIpc) is 2.40. The van der Waals surface area contributed by atoms with Gasteiger partial charge in [-0.1, -0.05) is 39.0 Å². The van der Waals surface area contributed by atoms with Crippen molar-refractivity contribution >= 4 is 0 Å². The Morgan fingerprint density at radius 1 is 1.20 bits per heavy atom. The van der Waals surface area contributed by atoms with Crippen LogP contribution in [-0.4, -0.2) is 12.6 Å². The van der Waals surface area contributed by atoms with Crippen LogP contribution in [0.1, 0.15) is 45.6 Å². The van der Waals surface area contributed by atoms with Gasteiger partial charge in [0.05, 0.1) is 0 Å². The zero-order valence-corrected chi connectivity index (χ0v) is 13.4. The van der Waals surface area contributed by atoms with Crippen molar-refractivity contribution < 1.29 is 4.74 Å². The fraction of sp³-hybridized carbons (Fsp3) is 0.667. The van der Waals surface area contributed by atoms with E-state index < -0.39 is 0 Å². The van der Waals surface area contributed by atoms with E-state index in [1.165, 1.54) is 18.4 Å². The molecule has 0 spiro atoms. The van der Waals surface area contributed by atoms with Gasteiger partial charge in [0.2, 0.25) is 0 Å². The van der Waals surface area contributed by atoms with Crippen molar-refractivity contribution in [2.45, 2.75) is 53.1 Å². The van der Waals surface area contributed by atoms with Crippen molar-refractivity contribution in [1.29, 1.82) is 0 Å². The number of hydrogen-bond donors (Lipinski definition) is 1. The maximum Gasteiger partial charge on any atom is 0.122 e. The highest BCUT2D eigenvalue weighted by Gasteiger charge is 2.36. The van der Waals surface area contributed by atoms with Crippen LogP contribution in [0.3, 0.4) is 0 Å². The van der Waals surface area contributed by atoms with Crippen molar-refractivity contribution in [2.75, 3.05) is 6.54 Å². The average molecular weight is 275 g/mol. The van der Waals surface area contributed by atoms with Gasteiger partial charge in [0.15, 0.2) is 0 Å². The second-order valence-corrected chi connectivity index (χ2v) is 7.29. The lowest BCUT2D eigenvalue weighted by atomic mass is 9.68. The van der Waals surface area contributed by atoms with E-state index in [-0.39, 0.29) is 6.10 Å². The summed E-state index contributed by atoms with van der Waals surface area (Å²) in [6.45, 7) is 9.85. The Kier molecular flexibility index (Phi) is 4.74. The van der Waals surface area contributed by atoms with Gasteiger partial charge in [-0.2, -0.15) is 0 Å². The van der Waals surface area contributed by atoms with Crippen molar-refractivity contribution in [3.05, 3.63) is 29.8 Å². The summed E-state index contributed by atoms with van der Waals surface area (Å²) in [6.07, 6.45) is 3.85. The van der Waals surface area contributed by atoms with E-state index in [9.17, 15) is 0 Å². The molecular weight excluding hydrogens is 246 g/mol. The Bertz CT molecular complexity index is 435. The van der Waals surface area contributed by atoms with Gasteiger partial charge in [-0.15, -0.1) is 0 Å². The van der Waals surface area contributed by atoms with Crippen LogP contribution in [-0.2, 0) is 0 Å². The number of nitrogens with two attached hydrogens (primary N) is 1. The number of benzene rings is 1. The lowest BCUT2D eigenvalue weighted by Gasteiger charge is -2.41. The highest BCUT2D eigenvalue weighted by molar-refractivity contribution is 5.32. The Balaban J connectivity index is 2.12. The second-order valence-electron chi connectivity index (χ2n) is 7.29. The SMILES string of the molecule is Cc1ccccc1OC1CC(C(C)(C)C)CCC1CN. The third-order valence-electron chi connectivity index (χ3n) is 4.83. The summed E-state index contributed by atoms with van der Waals surface area (Å²) in [6, 6.07) is 8.28. The summed E-state index contributed by atoms with van der Waals surface area (Å²) < 4.78 is 6.33. The van der Waals surface area contributed by atoms with Gasteiger partial charge in [0.1, 0.15) is 11.9 Å². The van der Waals surface area contributed by atoms with Gasteiger partial charge in [-0.05, 0) is 55.7 Å². The summed E-state index contributed by atoms with van der Waals surface area (Å²) in [7, 11) is 0. The van der Waals surface area contributed by atoms with Crippen LogP contribution in [0.5, 0.6) is 5.75 Å². The molecule has 2 nitrogen and oxygen atoms in total. The lowest BCUT2D eigenvalue weighted by molar-refractivity contribution is 0.0327. The van der Waals surface area contributed by atoms with Crippen molar-refractivity contribution in [1.82, 2.24) is 0 Å². The molecule has 0 bridgehead atoms. The molecule has 0 saturated heterocycles. The summed E-state index contributed by atoms with van der Waals surface area (Å²) in [4.78, 5) is 0. The van der Waals surface area contributed by atoms with Gasteiger partial charge in [-0.25, -0.2) is 0 Å². The Hall–Kier alpha value is -1.02. The molecule has 1 aromatic carbocycles. The number of para-hydroxylation sites is 1. The molecule has 0 aliphatic heterocycles. The van der Waals surface area contributed by atoms with Gasteiger partial charge < -0.3 is 10.5 Å². The van der Waals surface area contributed by atoms with Crippen LogP contribution in [0.15, 0.2) is 24.3 Å². The highest BCUT2D eigenvalue weighted by Crippen LogP contribution is 2.41. The molecule has 0 radical (unpaired) electrons. The highest BCUT2D eigenvalue weighted by atomic mass is 16.5. The van der Waals surface area contributed by atoms with Crippen molar-refractivity contribution in [3.63, 3.8) is 0 Å². The molecule has 2 heteroatoms. The first kappa shape index (κ1) is 15.4. The zero-order chi connectivity index (χ0) is 14.8. The second kappa shape index (κ2) is 6.17. The van der Waals surface area contributed by atoms with Crippen LogP contribution >= 0.6 is 0 Å². The fourth-order valence-electron chi connectivity index (χ4n) is 3.24.